The predicted octanol–water partition coefficient (Wildman–Crippen LogP) is 17.9. The maximum atomic E-state index is 12.8. The fourth-order valence-electron chi connectivity index (χ4n) is 7.79. The Kier molecular flexibility index (Phi) is 49.8. The van der Waals surface area contributed by atoms with Gasteiger partial charge in [0.25, 0.3) is 0 Å². The molecule has 0 N–H and O–H groups in total. The third kappa shape index (κ3) is 50.2. The Hall–Kier alpha value is -2.63. The molecular formula is C57H102O6. The zero-order valence-electron chi connectivity index (χ0n) is 41.8. The van der Waals surface area contributed by atoms with Crippen LogP contribution in [0.1, 0.15) is 278 Å². The second-order valence-electron chi connectivity index (χ2n) is 18.1. The van der Waals surface area contributed by atoms with Crippen molar-refractivity contribution in [2.45, 2.75) is 284 Å². The van der Waals surface area contributed by atoms with Gasteiger partial charge in [-0.05, 0) is 57.8 Å². The monoisotopic (exact) mass is 883 g/mol. The van der Waals surface area contributed by atoms with Crippen molar-refractivity contribution in [3.8, 4) is 0 Å². The minimum atomic E-state index is -0.774. The largest absolute Gasteiger partial charge is 0.462 e. The summed E-state index contributed by atoms with van der Waals surface area (Å²) in [6.07, 6.45) is 62.4. The summed E-state index contributed by atoms with van der Waals surface area (Å²) < 4.78 is 16.8. The van der Waals surface area contributed by atoms with E-state index in [1.807, 2.05) is 0 Å². The van der Waals surface area contributed by atoms with E-state index in [4.69, 9.17) is 14.2 Å². The smallest absolute Gasteiger partial charge is 0.306 e. The lowest BCUT2D eigenvalue weighted by molar-refractivity contribution is -0.167. The van der Waals surface area contributed by atoms with E-state index in [0.29, 0.717) is 19.3 Å². The van der Waals surface area contributed by atoms with Gasteiger partial charge in [0.15, 0.2) is 6.10 Å². The number of esters is 3. The van der Waals surface area contributed by atoms with Crippen LogP contribution in [0.5, 0.6) is 0 Å². The van der Waals surface area contributed by atoms with E-state index in [-0.39, 0.29) is 31.1 Å². The first-order chi connectivity index (χ1) is 31.0. The summed E-state index contributed by atoms with van der Waals surface area (Å²) in [6, 6.07) is 0. The number of unbranched alkanes of at least 4 members (excludes halogenated alkanes) is 30. The molecule has 366 valence electrons. The molecule has 63 heavy (non-hydrogen) atoms. The van der Waals surface area contributed by atoms with E-state index in [1.165, 1.54) is 148 Å². The van der Waals surface area contributed by atoms with Gasteiger partial charge >= 0.3 is 17.9 Å². The molecule has 0 aliphatic carbocycles. The summed E-state index contributed by atoms with van der Waals surface area (Å²) in [5.74, 6) is -0.878. The third-order valence-corrected chi connectivity index (χ3v) is 11.8. The third-order valence-electron chi connectivity index (χ3n) is 11.8. The van der Waals surface area contributed by atoms with E-state index >= 15 is 0 Å². The molecule has 0 aromatic carbocycles. The molecule has 0 spiro atoms. The van der Waals surface area contributed by atoms with Crippen molar-refractivity contribution in [1.29, 1.82) is 0 Å². The van der Waals surface area contributed by atoms with Crippen molar-refractivity contribution in [3.63, 3.8) is 0 Å². The van der Waals surface area contributed by atoms with Gasteiger partial charge in [-0.15, -0.1) is 0 Å². The number of hydrogen-bond donors (Lipinski definition) is 0. The second kappa shape index (κ2) is 52.0. The van der Waals surface area contributed by atoms with Crippen LogP contribution in [0.15, 0.2) is 48.6 Å². The second-order valence-corrected chi connectivity index (χ2v) is 18.1. The fraction of sp³-hybridized carbons (Fsp3) is 0.807. The molecule has 0 rings (SSSR count). The molecular weight excluding hydrogens is 781 g/mol. The summed E-state index contributed by atoms with van der Waals surface area (Å²) >= 11 is 0. The number of rotatable bonds is 49. The fourth-order valence-corrected chi connectivity index (χ4v) is 7.79. The molecule has 0 heterocycles. The highest BCUT2D eigenvalue weighted by Gasteiger charge is 2.19. The Balaban J connectivity index is 4.32. The number of carbonyl (C=O) groups is 3. The topological polar surface area (TPSA) is 78.9 Å². The first-order valence-electron chi connectivity index (χ1n) is 27.1. The zero-order valence-corrected chi connectivity index (χ0v) is 41.8. The summed E-state index contributed by atoms with van der Waals surface area (Å²) in [4.78, 5) is 38.0. The van der Waals surface area contributed by atoms with Crippen LogP contribution in [-0.2, 0) is 28.6 Å². The van der Waals surface area contributed by atoms with E-state index < -0.39 is 6.10 Å². The van der Waals surface area contributed by atoms with Crippen molar-refractivity contribution < 1.29 is 28.6 Å². The van der Waals surface area contributed by atoms with Crippen molar-refractivity contribution >= 4 is 17.9 Å². The molecule has 0 aromatic heterocycles. The quantitative estimate of drug-likeness (QED) is 0.0262. The van der Waals surface area contributed by atoms with E-state index in [1.54, 1.807) is 0 Å². The van der Waals surface area contributed by atoms with Gasteiger partial charge in [0.1, 0.15) is 13.2 Å². The van der Waals surface area contributed by atoms with Gasteiger partial charge in [0, 0.05) is 19.3 Å². The lowest BCUT2D eigenvalue weighted by Crippen LogP contribution is -2.30. The predicted molar refractivity (Wildman–Crippen MR) is 270 cm³/mol. The molecule has 0 saturated heterocycles. The first kappa shape index (κ1) is 60.4. The van der Waals surface area contributed by atoms with Crippen molar-refractivity contribution in [1.82, 2.24) is 0 Å². The number of hydrogen-bond acceptors (Lipinski definition) is 6. The molecule has 1 atom stereocenters. The SMILES string of the molecule is CC/C=C\C/C=C\C/C=C\C/C=C\CCCCCCCCC(=O)OCC(COC(=O)CCCCCCCCCCCC)OC(=O)CCCCCCCCCCCCCCCCCC. The molecule has 1 unspecified atom stereocenters. The van der Waals surface area contributed by atoms with Crippen LogP contribution < -0.4 is 0 Å². The number of ether oxygens (including phenoxy) is 3. The molecule has 0 aromatic rings. The lowest BCUT2D eigenvalue weighted by atomic mass is 10.0. The molecule has 6 heteroatoms. The molecule has 0 radical (unpaired) electrons. The average Bonchev–Trinajstić information content (AvgIpc) is 3.28. The standard InChI is InChI=1S/C57H102O6/c1-4-7-10-13-16-19-22-24-26-28-29-30-32-33-35-38-41-44-47-50-56(59)62-53-54(52-61-55(58)49-46-43-40-37-21-18-15-12-9-6-3)63-57(60)51-48-45-42-39-36-34-31-27-25-23-20-17-14-11-8-5-2/h7,10,16,19,24,26,29-30,54H,4-6,8-9,11-15,17-18,20-23,25,27-28,31-53H2,1-3H3/b10-7-,19-16-,26-24-,30-29-. The molecule has 0 bridgehead atoms. The molecule has 0 saturated carbocycles. The zero-order chi connectivity index (χ0) is 45.8. The van der Waals surface area contributed by atoms with Gasteiger partial charge in [-0.3, -0.25) is 14.4 Å². The Morgan fingerprint density at radius 3 is 0.968 bits per heavy atom. The molecule has 6 nitrogen and oxygen atoms in total. The maximum absolute atomic E-state index is 12.8. The van der Waals surface area contributed by atoms with Crippen LogP contribution in [0, 0.1) is 0 Å². The van der Waals surface area contributed by atoms with Crippen molar-refractivity contribution in [3.05, 3.63) is 48.6 Å². The van der Waals surface area contributed by atoms with Crippen LogP contribution in [0.2, 0.25) is 0 Å². The minimum Gasteiger partial charge on any atom is -0.462 e. The van der Waals surface area contributed by atoms with Crippen LogP contribution in [-0.4, -0.2) is 37.2 Å². The average molecular weight is 883 g/mol. The Morgan fingerprint density at radius 1 is 0.333 bits per heavy atom. The lowest BCUT2D eigenvalue weighted by Gasteiger charge is -2.18. The van der Waals surface area contributed by atoms with Crippen molar-refractivity contribution in [2.24, 2.45) is 0 Å². The van der Waals surface area contributed by atoms with E-state index in [9.17, 15) is 14.4 Å². The minimum absolute atomic E-state index is 0.0739. The van der Waals surface area contributed by atoms with Gasteiger partial charge in [-0.1, -0.05) is 249 Å². The Morgan fingerprint density at radius 2 is 0.619 bits per heavy atom. The van der Waals surface area contributed by atoms with Gasteiger partial charge in [-0.2, -0.15) is 0 Å². The summed E-state index contributed by atoms with van der Waals surface area (Å²) in [5.41, 5.74) is 0. The number of allylic oxidation sites excluding steroid dienone is 8. The molecule has 0 aliphatic rings. The van der Waals surface area contributed by atoms with Gasteiger partial charge in [-0.25, -0.2) is 0 Å². The molecule has 0 aliphatic heterocycles. The van der Waals surface area contributed by atoms with E-state index in [0.717, 1.165) is 89.9 Å². The van der Waals surface area contributed by atoms with Crippen LogP contribution in [0.25, 0.3) is 0 Å². The summed E-state index contributed by atoms with van der Waals surface area (Å²) in [5, 5.41) is 0. The maximum Gasteiger partial charge on any atom is 0.306 e. The Labute approximate surface area is 390 Å². The van der Waals surface area contributed by atoms with Crippen LogP contribution >= 0.6 is 0 Å². The highest BCUT2D eigenvalue weighted by atomic mass is 16.6. The highest BCUT2D eigenvalue weighted by molar-refractivity contribution is 5.71. The first-order valence-corrected chi connectivity index (χ1v) is 27.1. The summed E-state index contributed by atoms with van der Waals surface area (Å²) in [7, 11) is 0. The van der Waals surface area contributed by atoms with Crippen LogP contribution in [0.4, 0.5) is 0 Å². The summed E-state index contributed by atoms with van der Waals surface area (Å²) in [6.45, 7) is 6.53. The van der Waals surface area contributed by atoms with Gasteiger partial charge in [0.05, 0.1) is 0 Å². The number of carbonyl (C=O) groups excluding carboxylic acids is 3. The van der Waals surface area contributed by atoms with Crippen LogP contribution in [0.3, 0.4) is 0 Å². The highest BCUT2D eigenvalue weighted by Crippen LogP contribution is 2.16. The Bertz CT molecular complexity index is 1110. The van der Waals surface area contributed by atoms with E-state index in [2.05, 4.69) is 69.4 Å². The molecule has 0 fully saturated rings. The normalized spacial score (nSPS) is 12.4. The van der Waals surface area contributed by atoms with Gasteiger partial charge in [0.2, 0.25) is 0 Å². The van der Waals surface area contributed by atoms with Gasteiger partial charge < -0.3 is 14.2 Å². The van der Waals surface area contributed by atoms with Crippen molar-refractivity contribution in [2.75, 3.05) is 13.2 Å². The molecule has 0 amide bonds.